The van der Waals surface area contributed by atoms with Crippen LogP contribution >= 0.6 is 0 Å². The van der Waals surface area contributed by atoms with Gasteiger partial charge in [0.05, 0.1) is 25.0 Å². The molecular weight excluding hydrogens is 348 g/mol. The molecule has 2 saturated heterocycles. The van der Waals surface area contributed by atoms with Crippen LogP contribution in [0.3, 0.4) is 0 Å². The Kier molecular flexibility index (Phi) is 3.93. The topological polar surface area (TPSA) is 84.9 Å². The summed E-state index contributed by atoms with van der Waals surface area (Å²) in [6.45, 7) is 2.32. The second-order valence-electron chi connectivity index (χ2n) is 7.89. The number of rotatable bonds is 3. The molecular formula is C20H22N2O5. The van der Waals surface area contributed by atoms with Crippen molar-refractivity contribution in [3.63, 3.8) is 0 Å². The molecule has 7 heteroatoms. The summed E-state index contributed by atoms with van der Waals surface area (Å²) >= 11 is 0. The molecule has 1 aromatic rings. The lowest BCUT2D eigenvalue weighted by Crippen LogP contribution is -2.40. The molecule has 2 bridgehead atoms. The Balaban J connectivity index is 1.25. The first-order valence-electron chi connectivity index (χ1n) is 9.60. The van der Waals surface area contributed by atoms with Crippen LogP contribution in [0.1, 0.15) is 23.2 Å². The maximum absolute atomic E-state index is 12.8. The summed E-state index contributed by atoms with van der Waals surface area (Å²) in [5, 5.41) is 2.93. The van der Waals surface area contributed by atoms with E-state index in [-0.39, 0.29) is 47.6 Å². The molecule has 0 unspecified atom stereocenters. The Morgan fingerprint density at radius 1 is 1.07 bits per heavy atom. The van der Waals surface area contributed by atoms with E-state index in [0.29, 0.717) is 37.6 Å². The number of carbonyl (C=O) groups excluding carboxylic acids is 3. The Morgan fingerprint density at radius 2 is 1.81 bits per heavy atom. The van der Waals surface area contributed by atoms with Crippen molar-refractivity contribution in [1.29, 1.82) is 0 Å². The summed E-state index contributed by atoms with van der Waals surface area (Å²) in [4.78, 5) is 39.1. The van der Waals surface area contributed by atoms with Crippen molar-refractivity contribution in [3.05, 3.63) is 29.8 Å². The van der Waals surface area contributed by atoms with Crippen molar-refractivity contribution >= 4 is 23.5 Å². The van der Waals surface area contributed by atoms with Gasteiger partial charge in [-0.1, -0.05) is 0 Å². The molecule has 0 spiro atoms. The molecule has 7 nitrogen and oxygen atoms in total. The number of esters is 1. The molecule has 2 saturated carbocycles. The lowest BCUT2D eigenvalue weighted by atomic mass is 9.79. The highest BCUT2D eigenvalue weighted by atomic mass is 16.6. The van der Waals surface area contributed by atoms with E-state index in [1.807, 2.05) is 0 Å². The maximum atomic E-state index is 12.8. The van der Waals surface area contributed by atoms with Gasteiger partial charge in [-0.3, -0.25) is 14.4 Å². The van der Waals surface area contributed by atoms with Crippen LogP contribution < -0.4 is 5.32 Å². The number of ether oxygens (including phenoxy) is 2. The number of benzene rings is 1. The standard InChI is InChI=1S/C20H22N2O5/c23-18(16-12-9-14-15(10-12)27-20(25)17(14)16)21-13-3-1-11(2-4-13)19(24)22-5-7-26-8-6-22/h1-4,12,14-17H,5-10H2,(H,21,23)/t12-,14-,15-,16+,17+/m1/s1. The molecule has 1 N–H and O–H groups in total. The zero-order valence-electron chi connectivity index (χ0n) is 14.9. The fourth-order valence-electron chi connectivity index (χ4n) is 5.23. The number of anilines is 1. The largest absolute Gasteiger partial charge is 0.462 e. The summed E-state index contributed by atoms with van der Waals surface area (Å²) in [5.41, 5.74) is 1.24. The van der Waals surface area contributed by atoms with Gasteiger partial charge in [0, 0.05) is 30.3 Å². The number of carbonyl (C=O) groups is 3. The SMILES string of the molecule is O=C(Nc1ccc(C(=O)N2CCOCC2)cc1)[C@H]1[C@@H]2C[C@H]3[C@@H]1C(=O)O[C@@H]3C2. The van der Waals surface area contributed by atoms with Gasteiger partial charge in [-0.2, -0.15) is 0 Å². The molecule has 27 heavy (non-hydrogen) atoms. The van der Waals surface area contributed by atoms with Crippen LogP contribution in [0, 0.1) is 23.7 Å². The molecule has 1 aromatic carbocycles. The van der Waals surface area contributed by atoms with Crippen molar-refractivity contribution in [1.82, 2.24) is 4.90 Å². The number of fused-ring (bicyclic) bond motifs is 1. The van der Waals surface area contributed by atoms with Gasteiger partial charge >= 0.3 is 5.97 Å². The van der Waals surface area contributed by atoms with Gasteiger partial charge in [0.25, 0.3) is 5.91 Å². The van der Waals surface area contributed by atoms with Gasteiger partial charge in [-0.05, 0) is 43.0 Å². The lowest BCUT2D eigenvalue weighted by molar-refractivity contribution is -0.145. The van der Waals surface area contributed by atoms with Crippen LogP contribution in [-0.2, 0) is 19.1 Å². The Bertz CT molecular complexity index is 784. The third kappa shape index (κ3) is 2.72. The summed E-state index contributed by atoms with van der Waals surface area (Å²) in [7, 11) is 0. The summed E-state index contributed by atoms with van der Waals surface area (Å²) in [6.07, 6.45) is 1.74. The molecule has 4 fully saturated rings. The van der Waals surface area contributed by atoms with Gasteiger partial charge in [0.2, 0.25) is 5.91 Å². The molecule has 142 valence electrons. The van der Waals surface area contributed by atoms with Crippen molar-refractivity contribution in [2.45, 2.75) is 18.9 Å². The fourth-order valence-corrected chi connectivity index (χ4v) is 5.23. The Labute approximate surface area is 157 Å². The lowest BCUT2D eigenvalue weighted by Gasteiger charge is -2.27. The minimum absolute atomic E-state index is 0.0241. The second-order valence-corrected chi connectivity index (χ2v) is 7.89. The van der Waals surface area contributed by atoms with Crippen LogP contribution in [0.25, 0.3) is 0 Å². The van der Waals surface area contributed by atoms with E-state index in [9.17, 15) is 14.4 Å². The Hall–Kier alpha value is -2.41. The molecule has 0 radical (unpaired) electrons. The normalized spacial score (nSPS) is 33.9. The summed E-state index contributed by atoms with van der Waals surface area (Å²) < 4.78 is 10.7. The Morgan fingerprint density at radius 3 is 2.56 bits per heavy atom. The maximum Gasteiger partial charge on any atom is 0.310 e. The van der Waals surface area contributed by atoms with Crippen molar-refractivity contribution in [3.8, 4) is 0 Å². The van der Waals surface area contributed by atoms with E-state index in [1.165, 1.54) is 0 Å². The van der Waals surface area contributed by atoms with Crippen LogP contribution in [-0.4, -0.2) is 55.1 Å². The third-order valence-electron chi connectivity index (χ3n) is 6.48. The number of hydrogen-bond acceptors (Lipinski definition) is 5. The molecule has 4 aliphatic rings. The smallest absolute Gasteiger partial charge is 0.310 e. The number of morpholine rings is 1. The van der Waals surface area contributed by atoms with Crippen LogP contribution in [0.5, 0.6) is 0 Å². The van der Waals surface area contributed by atoms with Crippen LogP contribution in [0.4, 0.5) is 5.69 Å². The van der Waals surface area contributed by atoms with Gasteiger partial charge in [0.15, 0.2) is 0 Å². The van der Waals surface area contributed by atoms with E-state index in [2.05, 4.69) is 5.32 Å². The fraction of sp³-hybridized carbons (Fsp3) is 0.550. The highest BCUT2D eigenvalue weighted by Gasteiger charge is 2.63. The number of amides is 2. The highest BCUT2D eigenvalue weighted by Crippen LogP contribution is 2.57. The van der Waals surface area contributed by atoms with Crippen LogP contribution in [0.2, 0.25) is 0 Å². The highest BCUT2D eigenvalue weighted by molar-refractivity contribution is 5.98. The van der Waals surface area contributed by atoms with E-state index < -0.39 is 0 Å². The number of hydrogen-bond donors (Lipinski definition) is 1. The predicted octanol–water partition coefficient (Wildman–Crippen LogP) is 1.30. The van der Waals surface area contributed by atoms with Crippen LogP contribution in [0.15, 0.2) is 24.3 Å². The average Bonchev–Trinajstić information content (AvgIpc) is 3.31. The second kappa shape index (κ2) is 6.34. The predicted molar refractivity (Wildman–Crippen MR) is 94.9 cm³/mol. The molecule has 2 aliphatic heterocycles. The van der Waals surface area contributed by atoms with Gasteiger partial charge in [0.1, 0.15) is 6.10 Å². The van der Waals surface area contributed by atoms with Crippen molar-refractivity contribution in [2.24, 2.45) is 23.7 Å². The van der Waals surface area contributed by atoms with E-state index in [0.717, 1.165) is 12.8 Å². The van der Waals surface area contributed by atoms with Crippen molar-refractivity contribution < 1.29 is 23.9 Å². The molecule has 0 aromatic heterocycles. The van der Waals surface area contributed by atoms with Gasteiger partial charge in [-0.25, -0.2) is 0 Å². The minimum atomic E-state index is -0.295. The van der Waals surface area contributed by atoms with E-state index in [1.54, 1.807) is 29.2 Å². The number of nitrogens with zero attached hydrogens (tertiary/aromatic N) is 1. The zero-order chi connectivity index (χ0) is 18.5. The molecule has 2 heterocycles. The average molecular weight is 370 g/mol. The van der Waals surface area contributed by atoms with Crippen molar-refractivity contribution in [2.75, 3.05) is 31.6 Å². The number of nitrogens with one attached hydrogen (secondary N) is 1. The van der Waals surface area contributed by atoms with E-state index in [4.69, 9.17) is 9.47 Å². The zero-order valence-corrected chi connectivity index (χ0v) is 14.9. The minimum Gasteiger partial charge on any atom is -0.462 e. The van der Waals surface area contributed by atoms with Gasteiger partial charge in [-0.15, -0.1) is 0 Å². The molecule has 5 rings (SSSR count). The summed E-state index contributed by atoms with van der Waals surface area (Å²) in [5.74, 6) is -0.477. The quantitative estimate of drug-likeness (QED) is 0.811. The molecule has 2 aliphatic carbocycles. The first kappa shape index (κ1) is 16.7. The first-order chi connectivity index (χ1) is 13.1. The first-order valence-corrected chi connectivity index (χ1v) is 9.60. The van der Waals surface area contributed by atoms with Gasteiger partial charge < -0.3 is 19.7 Å². The summed E-state index contributed by atoms with van der Waals surface area (Å²) in [6, 6.07) is 6.95. The third-order valence-corrected chi connectivity index (χ3v) is 6.48. The molecule has 2 amide bonds. The monoisotopic (exact) mass is 370 g/mol. The molecule has 5 atom stereocenters. The van der Waals surface area contributed by atoms with E-state index >= 15 is 0 Å².